The fourth-order valence-corrected chi connectivity index (χ4v) is 10.1. The highest BCUT2D eigenvalue weighted by Gasteiger charge is 2.43. The maximum atomic E-state index is 6.28. The lowest BCUT2D eigenvalue weighted by Gasteiger charge is -2.36. The van der Waals surface area contributed by atoms with Gasteiger partial charge in [-0.25, -0.2) is 15.0 Å². The number of aromatic nitrogens is 3. The van der Waals surface area contributed by atoms with Crippen LogP contribution in [0.2, 0.25) is 0 Å². The molecule has 0 radical (unpaired) electrons. The fraction of sp³-hybridized carbons (Fsp3) is 0.105. The van der Waals surface area contributed by atoms with Gasteiger partial charge < -0.3 is 4.42 Å². The summed E-state index contributed by atoms with van der Waals surface area (Å²) in [7, 11) is 0. The third-order valence-corrected chi connectivity index (χ3v) is 13.2. The quantitative estimate of drug-likeness (QED) is 0.169. The summed E-state index contributed by atoms with van der Waals surface area (Å²) in [5.74, 6) is 1.83. The minimum atomic E-state index is 0.149. The van der Waals surface area contributed by atoms with Crippen LogP contribution in [0.5, 0.6) is 0 Å². The standard InChI is InChI=1S/C57H41N3O/c1-3-12-37(13-4-1)42-14-11-15-44(34-42)55-58-54(59-56(60-55)45-29-31-49-48-17-6-8-19-52(48)61-53(49)36-45)41-26-24-39(25-27-41)38-20-22-40(23-21-38)43-28-30-47-46-16-5-7-18-50(46)57(51(47)35-43)32-9-2-10-33-57/h1,3-8,11-31,34-36H,2,9-10,32-33H2. The van der Waals surface area contributed by atoms with Crippen LogP contribution in [-0.4, -0.2) is 15.0 Å². The molecule has 0 bridgehead atoms. The van der Waals surface area contributed by atoms with Crippen molar-refractivity contribution in [3.05, 3.63) is 199 Å². The molecule has 0 atom stereocenters. The van der Waals surface area contributed by atoms with Crippen molar-refractivity contribution >= 4 is 21.9 Å². The molecule has 1 fully saturated rings. The van der Waals surface area contributed by atoms with E-state index in [4.69, 9.17) is 19.4 Å². The highest BCUT2D eigenvalue weighted by molar-refractivity contribution is 6.05. The normalized spacial score (nSPS) is 14.0. The highest BCUT2D eigenvalue weighted by Crippen LogP contribution is 2.56. The molecule has 2 aliphatic rings. The molecule has 2 aromatic heterocycles. The first-order valence-electron chi connectivity index (χ1n) is 21.5. The summed E-state index contributed by atoms with van der Waals surface area (Å²) in [5.41, 5.74) is 17.5. The Morgan fingerprint density at radius 3 is 1.61 bits per heavy atom. The zero-order valence-electron chi connectivity index (χ0n) is 33.7. The molecule has 2 aliphatic carbocycles. The third-order valence-electron chi connectivity index (χ3n) is 13.2. The van der Waals surface area contributed by atoms with Crippen LogP contribution in [0.1, 0.15) is 43.2 Å². The van der Waals surface area contributed by atoms with Gasteiger partial charge in [-0.1, -0.05) is 177 Å². The number of furan rings is 1. The summed E-state index contributed by atoms with van der Waals surface area (Å²) in [4.78, 5) is 15.3. The zero-order chi connectivity index (χ0) is 40.3. The topological polar surface area (TPSA) is 51.8 Å². The number of nitrogens with zero attached hydrogens (tertiary/aromatic N) is 3. The van der Waals surface area contributed by atoms with Crippen molar-refractivity contribution in [2.45, 2.75) is 37.5 Å². The van der Waals surface area contributed by atoms with Gasteiger partial charge in [0, 0.05) is 32.9 Å². The molecule has 61 heavy (non-hydrogen) atoms. The fourth-order valence-electron chi connectivity index (χ4n) is 10.1. The summed E-state index contributed by atoms with van der Waals surface area (Å²) in [5, 5.41) is 2.16. The molecule has 290 valence electrons. The smallest absolute Gasteiger partial charge is 0.164 e. The average molecular weight is 784 g/mol. The van der Waals surface area contributed by atoms with Gasteiger partial charge in [0.1, 0.15) is 11.2 Å². The van der Waals surface area contributed by atoms with Gasteiger partial charge in [0.25, 0.3) is 0 Å². The van der Waals surface area contributed by atoms with E-state index in [-0.39, 0.29) is 5.41 Å². The van der Waals surface area contributed by atoms with Crippen molar-refractivity contribution in [2.75, 3.05) is 0 Å². The van der Waals surface area contributed by atoms with Gasteiger partial charge in [-0.3, -0.25) is 0 Å². The van der Waals surface area contributed by atoms with Crippen LogP contribution in [0.3, 0.4) is 0 Å². The minimum absolute atomic E-state index is 0.149. The molecule has 8 aromatic carbocycles. The second-order valence-corrected chi connectivity index (χ2v) is 16.7. The molecule has 1 saturated carbocycles. The van der Waals surface area contributed by atoms with E-state index in [1.54, 1.807) is 0 Å². The van der Waals surface area contributed by atoms with E-state index >= 15 is 0 Å². The van der Waals surface area contributed by atoms with E-state index in [1.165, 1.54) is 71.0 Å². The van der Waals surface area contributed by atoms with Crippen LogP contribution in [0.4, 0.5) is 0 Å². The van der Waals surface area contributed by atoms with Crippen molar-refractivity contribution in [3.8, 4) is 78.7 Å². The summed E-state index contributed by atoms with van der Waals surface area (Å²) < 4.78 is 6.28. The summed E-state index contributed by atoms with van der Waals surface area (Å²) in [6, 6.07) is 67.1. The van der Waals surface area contributed by atoms with E-state index < -0.39 is 0 Å². The van der Waals surface area contributed by atoms with Crippen LogP contribution >= 0.6 is 0 Å². The minimum Gasteiger partial charge on any atom is -0.456 e. The van der Waals surface area contributed by atoms with E-state index in [0.717, 1.165) is 55.3 Å². The molecular formula is C57H41N3O. The van der Waals surface area contributed by atoms with Crippen LogP contribution < -0.4 is 0 Å². The molecule has 12 rings (SSSR count). The third kappa shape index (κ3) is 6.09. The molecule has 0 N–H and O–H groups in total. The monoisotopic (exact) mass is 783 g/mol. The van der Waals surface area contributed by atoms with E-state index in [9.17, 15) is 0 Å². The molecule has 0 amide bonds. The Hall–Kier alpha value is -7.43. The maximum absolute atomic E-state index is 6.28. The Bertz CT molecular complexity index is 3270. The molecule has 0 unspecified atom stereocenters. The Labute approximate surface area is 355 Å². The first-order chi connectivity index (χ1) is 30.2. The number of hydrogen-bond donors (Lipinski definition) is 0. The number of rotatable bonds is 6. The maximum Gasteiger partial charge on any atom is 0.164 e. The number of para-hydroxylation sites is 1. The summed E-state index contributed by atoms with van der Waals surface area (Å²) >= 11 is 0. The molecule has 4 heteroatoms. The van der Waals surface area contributed by atoms with E-state index in [2.05, 4.69) is 158 Å². The largest absolute Gasteiger partial charge is 0.456 e. The van der Waals surface area contributed by atoms with Crippen LogP contribution in [0, 0.1) is 0 Å². The Kier molecular flexibility index (Phi) is 8.38. The molecule has 10 aromatic rings. The van der Waals surface area contributed by atoms with Crippen LogP contribution in [0.25, 0.3) is 101 Å². The van der Waals surface area contributed by atoms with Gasteiger partial charge in [0.05, 0.1) is 0 Å². The SMILES string of the molecule is c1ccc(-c2cccc(-c3nc(-c4ccc(-c5ccc(-c6ccc7c(c6)C6(CCCCC6)c6ccccc6-7)cc5)cc4)nc(-c4ccc5c(c4)oc4ccccc45)n3)c2)cc1. The zero-order valence-corrected chi connectivity index (χ0v) is 33.7. The van der Waals surface area contributed by atoms with Crippen LogP contribution in [-0.2, 0) is 5.41 Å². The lowest BCUT2D eigenvalue weighted by molar-refractivity contribution is 0.353. The summed E-state index contributed by atoms with van der Waals surface area (Å²) in [6.45, 7) is 0. The van der Waals surface area contributed by atoms with Crippen molar-refractivity contribution in [2.24, 2.45) is 0 Å². The van der Waals surface area contributed by atoms with Crippen molar-refractivity contribution < 1.29 is 4.42 Å². The van der Waals surface area contributed by atoms with Gasteiger partial charge in [-0.15, -0.1) is 0 Å². The number of benzene rings is 8. The first kappa shape index (κ1) is 35.5. The molecule has 0 saturated heterocycles. The molecular weight excluding hydrogens is 743 g/mol. The Morgan fingerprint density at radius 2 is 0.836 bits per heavy atom. The predicted molar refractivity (Wildman–Crippen MR) is 249 cm³/mol. The highest BCUT2D eigenvalue weighted by atomic mass is 16.3. The molecule has 0 aliphatic heterocycles. The van der Waals surface area contributed by atoms with Gasteiger partial charge >= 0.3 is 0 Å². The second kappa shape index (κ2) is 14.4. The van der Waals surface area contributed by atoms with Gasteiger partial charge in [-0.2, -0.15) is 0 Å². The van der Waals surface area contributed by atoms with Crippen LogP contribution in [0.15, 0.2) is 192 Å². The molecule has 1 spiro atoms. The predicted octanol–water partition coefficient (Wildman–Crippen LogP) is 15.0. The van der Waals surface area contributed by atoms with Gasteiger partial charge in [-0.05, 0) is 98.8 Å². The van der Waals surface area contributed by atoms with Crippen molar-refractivity contribution in [3.63, 3.8) is 0 Å². The number of fused-ring (bicyclic) bond motifs is 8. The van der Waals surface area contributed by atoms with E-state index in [1.807, 2.05) is 30.3 Å². The molecule has 2 heterocycles. The Balaban J connectivity index is 0.882. The van der Waals surface area contributed by atoms with Crippen molar-refractivity contribution in [1.29, 1.82) is 0 Å². The second-order valence-electron chi connectivity index (χ2n) is 16.7. The van der Waals surface area contributed by atoms with Gasteiger partial charge in [0.2, 0.25) is 0 Å². The lowest BCUT2D eigenvalue weighted by atomic mass is 9.67. The van der Waals surface area contributed by atoms with Gasteiger partial charge in [0.15, 0.2) is 17.5 Å². The first-order valence-corrected chi connectivity index (χ1v) is 21.5. The Morgan fingerprint density at radius 1 is 0.328 bits per heavy atom. The summed E-state index contributed by atoms with van der Waals surface area (Å²) in [6.07, 6.45) is 6.40. The average Bonchev–Trinajstić information content (AvgIpc) is 3.84. The lowest BCUT2D eigenvalue weighted by Crippen LogP contribution is -2.28. The molecule has 4 nitrogen and oxygen atoms in total. The van der Waals surface area contributed by atoms with E-state index in [0.29, 0.717) is 17.5 Å². The number of hydrogen-bond acceptors (Lipinski definition) is 4. The van der Waals surface area contributed by atoms with Crippen molar-refractivity contribution in [1.82, 2.24) is 15.0 Å².